The molecule has 0 radical (unpaired) electrons. The summed E-state index contributed by atoms with van der Waals surface area (Å²) in [6, 6.07) is 0. The molecule has 1 N–H and O–H groups in total. The molecule has 0 aromatic rings. The Morgan fingerprint density at radius 3 is 1.88 bits per heavy atom. The van der Waals surface area contributed by atoms with Gasteiger partial charge in [-0.25, -0.2) is 4.39 Å². The highest BCUT2D eigenvalue weighted by Crippen LogP contribution is 2.28. The van der Waals surface area contributed by atoms with Crippen molar-refractivity contribution in [1.82, 2.24) is 0 Å². The van der Waals surface area contributed by atoms with E-state index in [0.717, 1.165) is 19.3 Å². The van der Waals surface area contributed by atoms with E-state index < -0.39 is 5.85 Å². The van der Waals surface area contributed by atoms with Gasteiger partial charge >= 0.3 is 0 Å². The van der Waals surface area contributed by atoms with Crippen LogP contribution in [0.5, 0.6) is 0 Å². The minimum absolute atomic E-state index is 0.340. The Morgan fingerprint density at radius 2 is 1.62 bits per heavy atom. The summed E-state index contributed by atoms with van der Waals surface area (Å²) >= 11 is 0. The molecule has 8 heavy (non-hydrogen) atoms. The normalized spacial score (nSPS) is 27.8. The second-order valence-electron chi connectivity index (χ2n) is 2.48. The van der Waals surface area contributed by atoms with Crippen LogP contribution in [0.25, 0.3) is 0 Å². The van der Waals surface area contributed by atoms with Crippen molar-refractivity contribution in [2.75, 3.05) is 0 Å². The highest BCUT2D eigenvalue weighted by Gasteiger charge is 2.27. The topological polar surface area (TPSA) is 20.2 Å². The lowest BCUT2D eigenvalue weighted by Gasteiger charge is -2.22. The highest BCUT2D eigenvalue weighted by atomic mass is 19.2. The summed E-state index contributed by atoms with van der Waals surface area (Å²) in [6.45, 7) is 0. The second kappa shape index (κ2) is 2.02. The van der Waals surface area contributed by atoms with Crippen LogP contribution in [0.4, 0.5) is 4.39 Å². The minimum atomic E-state index is -1.82. The molecule has 2 heteroatoms. The summed E-state index contributed by atoms with van der Waals surface area (Å²) in [5.74, 6) is -1.82. The largest absolute Gasteiger partial charge is 0.362 e. The zero-order valence-electron chi connectivity index (χ0n) is 4.86. The molecule has 1 aliphatic carbocycles. The molecule has 0 aromatic heterocycles. The van der Waals surface area contributed by atoms with Gasteiger partial charge in [0.15, 0.2) is 0 Å². The fourth-order valence-corrected chi connectivity index (χ4v) is 1.09. The van der Waals surface area contributed by atoms with Crippen LogP contribution in [0.15, 0.2) is 0 Å². The van der Waals surface area contributed by atoms with Gasteiger partial charge in [0.1, 0.15) is 0 Å². The van der Waals surface area contributed by atoms with Crippen LogP contribution in [0, 0.1) is 0 Å². The number of alkyl halides is 1. The predicted octanol–water partition coefficient (Wildman–Crippen LogP) is 1.61. The summed E-state index contributed by atoms with van der Waals surface area (Å²) in [7, 11) is 0. The molecule has 0 atom stereocenters. The maximum Gasteiger partial charge on any atom is 0.206 e. The quantitative estimate of drug-likeness (QED) is 0.512. The third kappa shape index (κ3) is 1.44. The minimum Gasteiger partial charge on any atom is -0.362 e. The van der Waals surface area contributed by atoms with Crippen molar-refractivity contribution in [3.05, 3.63) is 0 Å². The molecule has 1 nitrogen and oxygen atoms in total. The summed E-state index contributed by atoms with van der Waals surface area (Å²) < 4.78 is 12.4. The summed E-state index contributed by atoms with van der Waals surface area (Å²) in [5, 5.41) is 8.71. The van der Waals surface area contributed by atoms with Crippen LogP contribution < -0.4 is 0 Å². The number of halogens is 1. The Labute approximate surface area is 48.5 Å². The zero-order valence-corrected chi connectivity index (χ0v) is 4.86. The van der Waals surface area contributed by atoms with E-state index in [9.17, 15) is 4.39 Å². The Balaban J connectivity index is 2.33. The van der Waals surface area contributed by atoms with Gasteiger partial charge in [-0.2, -0.15) is 0 Å². The lowest BCUT2D eigenvalue weighted by molar-refractivity contribution is -0.113. The molecule has 1 saturated carbocycles. The van der Waals surface area contributed by atoms with Crippen molar-refractivity contribution >= 4 is 0 Å². The van der Waals surface area contributed by atoms with E-state index >= 15 is 0 Å². The number of hydrogen-bond acceptors (Lipinski definition) is 1. The van der Waals surface area contributed by atoms with E-state index in [1.807, 2.05) is 0 Å². The van der Waals surface area contributed by atoms with Crippen molar-refractivity contribution in [1.29, 1.82) is 0 Å². The molecule has 1 rings (SSSR count). The first-order valence-electron chi connectivity index (χ1n) is 3.12. The van der Waals surface area contributed by atoms with Crippen LogP contribution in [0.1, 0.15) is 32.1 Å². The molecular formula is C6H11FO. The Hall–Kier alpha value is -0.110. The molecule has 48 valence electrons. The predicted molar refractivity (Wildman–Crippen MR) is 29.1 cm³/mol. The third-order valence-corrected chi connectivity index (χ3v) is 1.62. The van der Waals surface area contributed by atoms with Crippen LogP contribution in [0.2, 0.25) is 0 Å². The molecule has 1 aliphatic rings. The smallest absolute Gasteiger partial charge is 0.206 e. The van der Waals surface area contributed by atoms with Gasteiger partial charge < -0.3 is 5.11 Å². The zero-order chi connectivity index (χ0) is 6.04. The second-order valence-corrected chi connectivity index (χ2v) is 2.48. The van der Waals surface area contributed by atoms with Gasteiger partial charge in [0.2, 0.25) is 5.85 Å². The van der Waals surface area contributed by atoms with Crippen LogP contribution >= 0.6 is 0 Å². The first kappa shape index (κ1) is 6.02. The van der Waals surface area contributed by atoms with E-state index in [4.69, 9.17) is 5.11 Å². The van der Waals surface area contributed by atoms with Crippen molar-refractivity contribution in [3.8, 4) is 0 Å². The van der Waals surface area contributed by atoms with Crippen molar-refractivity contribution < 1.29 is 9.50 Å². The average Bonchev–Trinajstić information content (AvgIpc) is 1.65. The summed E-state index contributed by atoms with van der Waals surface area (Å²) in [5.41, 5.74) is 0. The lowest BCUT2D eigenvalue weighted by atomic mass is 9.96. The van der Waals surface area contributed by atoms with Gasteiger partial charge in [-0.1, -0.05) is 6.42 Å². The molecule has 0 aliphatic heterocycles. The van der Waals surface area contributed by atoms with Gasteiger partial charge in [0.25, 0.3) is 0 Å². The fourth-order valence-electron chi connectivity index (χ4n) is 1.09. The fraction of sp³-hybridized carbons (Fsp3) is 1.00. The SMILES string of the molecule is OC1(F)CCCCC1. The molecule has 0 bridgehead atoms. The Bertz CT molecular complexity index is 72.6. The van der Waals surface area contributed by atoms with E-state index in [0.29, 0.717) is 12.8 Å². The number of aliphatic hydroxyl groups is 1. The van der Waals surface area contributed by atoms with Gasteiger partial charge in [-0.15, -0.1) is 0 Å². The van der Waals surface area contributed by atoms with Crippen molar-refractivity contribution in [2.45, 2.75) is 38.0 Å². The standard InChI is InChI=1S/C6H11FO/c7-6(8)4-2-1-3-5-6/h8H,1-5H2. The molecule has 0 unspecified atom stereocenters. The molecule has 0 heterocycles. The molecule has 0 saturated heterocycles. The Morgan fingerprint density at radius 1 is 1.12 bits per heavy atom. The number of rotatable bonds is 0. The van der Waals surface area contributed by atoms with Gasteiger partial charge in [0.05, 0.1) is 0 Å². The van der Waals surface area contributed by atoms with Gasteiger partial charge in [-0.05, 0) is 12.8 Å². The first-order chi connectivity index (χ1) is 3.71. The molecule has 0 amide bonds. The maximum atomic E-state index is 12.4. The monoisotopic (exact) mass is 118 g/mol. The van der Waals surface area contributed by atoms with E-state index in [2.05, 4.69) is 0 Å². The van der Waals surface area contributed by atoms with E-state index in [1.54, 1.807) is 0 Å². The Kier molecular flexibility index (Phi) is 1.52. The van der Waals surface area contributed by atoms with Crippen LogP contribution in [-0.2, 0) is 0 Å². The molecule has 1 fully saturated rings. The number of hydrogen-bond donors (Lipinski definition) is 1. The maximum absolute atomic E-state index is 12.4. The van der Waals surface area contributed by atoms with Crippen LogP contribution in [-0.4, -0.2) is 11.0 Å². The first-order valence-corrected chi connectivity index (χ1v) is 3.12. The third-order valence-electron chi connectivity index (χ3n) is 1.62. The molecule has 0 aromatic carbocycles. The van der Waals surface area contributed by atoms with E-state index in [1.165, 1.54) is 0 Å². The van der Waals surface area contributed by atoms with Crippen molar-refractivity contribution in [2.24, 2.45) is 0 Å². The highest BCUT2D eigenvalue weighted by molar-refractivity contribution is 4.70. The summed E-state index contributed by atoms with van der Waals surface area (Å²) in [4.78, 5) is 0. The van der Waals surface area contributed by atoms with Gasteiger partial charge in [-0.3, -0.25) is 0 Å². The van der Waals surface area contributed by atoms with E-state index in [-0.39, 0.29) is 0 Å². The van der Waals surface area contributed by atoms with Crippen molar-refractivity contribution in [3.63, 3.8) is 0 Å². The molecular weight excluding hydrogens is 107 g/mol. The lowest BCUT2D eigenvalue weighted by Crippen LogP contribution is -2.24. The average molecular weight is 118 g/mol. The van der Waals surface area contributed by atoms with Crippen LogP contribution in [0.3, 0.4) is 0 Å². The van der Waals surface area contributed by atoms with Gasteiger partial charge in [0, 0.05) is 12.8 Å². The molecule has 0 spiro atoms. The summed E-state index contributed by atoms with van der Waals surface area (Å²) in [6.07, 6.45) is 3.44.